The highest BCUT2D eigenvalue weighted by molar-refractivity contribution is 9.10. The Morgan fingerprint density at radius 2 is 1.64 bits per heavy atom. The maximum absolute atomic E-state index is 12.2. The summed E-state index contributed by atoms with van der Waals surface area (Å²) in [6.45, 7) is 1.03. The van der Waals surface area contributed by atoms with Crippen molar-refractivity contribution in [3.8, 4) is 0 Å². The van der Waals surface area contributed by atoms with Crippen LogP contribution in [0.1, 0.15) is 26.3 Å². The van der Waals surface area contributed by atoms with Crippen LogP contribution in [0.3, 0.4) is 0 Å². The van der Waals surface area contributed by atoms with E-state index in [9.17, 15) is 9.59 Å². The van der Waals surface area contributed by atoms with Crippen LogP contribution in [0.4, 0.5) is 0 Å². The van der Waals surface area contributed by atoms with E-state index in [4.69, 9.17) is 4.74 Å². The third-order valence-electron chi connectivity index (χ3n) is 3.50. The van der Waals surface area contributed by atoms with E-state index in [-0.39, 0.29) is 18.4 Å². The molecule has 5 heteroatoms. The first-order valence-corrected chi connectivity index (χ1v) is 7.73. The number of fused-ring (bicyclic) bond motifs is 1. The third-order valence-corrected chi connectivity index (χ3v) is 3.99. The summed E-state index contributed by atoms with van der Waals surface area (Å²) in [6.07, 6.45) is 0. The average Bonchev–Trinajstić information content (AvgIpc) is 2.77. The summed E-state index contributed by atoms with van der Waals surface area (Å²) in [5, 5.41) is 0. The van der Waals surface area contributed by atoms with E-state index in [1.54, 1.807) is 24.3 Å². The second kappa shape index (κ2) is 6.42. The molecule has 112 valence electrons. The van der Waals surface area contributed by atoms with E-state index in [1.165, 1.54) is 4.90 Å². The highest BCUT2D eigenvalue weighted by Crippen LogP contribution is 2.22. The monoisotopic (exact) mass is 359 g/mol. The first kappa shape index (κ1) is 14.9. The molecule has 4 nitrogen and oxygen atoms in total. The van der Waals surface area contributed by atoms with Crippen LogP contribution in [0.5, 0.6) is 0 Å². The van der Waals surface area contributed by atoms with Gasteiger partial charge in [0.05, 0.1) is 30.9 Å². The summed E-state index contributed by atoms with van der Waals surface area (Å²) in [5.41, 5.74) is 1.98. The second-order valence-electron chi connectivity index (χ2n) is 4.99. The maximum atomic E-state index is 12.2. The third kappa shape index (κ3) is 2.96. The van der Waals surface area contributed by atoms with Gasteiger partial charge in [-0.1, -0.05) is 40.2 Å². The maximum Gasteiger partial charge on any atom is 0.261 e. The normalized spacial score (nSPS) is 13.6. The molecule has 0 bridgehead atoms. The van der Waals surface area contributed by atoms with Crippen molar-refractivity contribution in [2.75, 3.05) is 13.2 Å². The summed E-state index contributed by atoms with van der Waals surface area (Å²) >= 11 is 3.40. The van der Waals surface area contributed by atoms with Crippen molar-refractivity contribution in [3.05, 3.63) is 69.7 Å². The Kier molecular flexibility index (Phi) is 4.36. The SMILES string of the molecule is O=C1c2ccccc2C(=O)N1CCOCc1cccc(Br)c1. The number of carbonyl (C=O) groups excluding carboxylic acids is 2. The molecular formula is C17H14BrNO3. The fraction of sp³-hybridized carbons (Fsp3) is 0.176. The molecule has 0 N–H and O–H groups in total. The Balaban J connectivity index is 1.55. The number of halogens is 1. The van der Waals surface area contributed by atoms with Gasteiger partial charge in [-0.15, -0.1) is 0 Å². The van der Waals surface area contributed by atoms with Gasteiger partial charge in [0.25, 0.3) is 11.8 Å². The van der Waals surface area contributed by atoms with Crippen molar-refractivity contribution in [2.24, 2.45) is 0 Å². The fourth-order valence-corrected chi connectivity index (χ4v) is 2.86. The van der Waals surface area contributed by atoms with Crippen LogP contribution in [0.2, 0.25) is 0 Å². The number of benzene rings is 2. The molecule has 0 spiro atoms. The van der Waals surface area contributed by atoms with E-state index in [0.717, 1.165) is 10.0 Å². The van der Waals surface area contributed by atoms with Gasteiger partial charge in [-0.05, 0) is 29.8 Å². The zero-order valence-electron chi connectivity index (χ0n) is 11.8. The quantitative estimate of drug-likeness (QED) is 0.607. The van der Waals surface area contributed by atoms with Crippen LogP contribution >= 0.6 is 15.9 Å². The molecule has 1 aliphatic heterocycles. The Morgan fingerprint density at radius 3 is 2.27 bits per heavy atom. The largest absolute Gasteiger partial charge is 0.375 e. The van der Waals surface area contributed by atoms with E-state index in [1.807, 2.05) is 24.3 Å². The van der Waals surface area contributed by atoms with Gasteiger partial charge in [0.15, 0.2) is 0 Å². The zero-order chi connectivity index (χ0) is 15.5. The van der Waals surface area contributed by atoms with Gasteiger partial charge >= 0.3 is 0 Å². The lowest BCUT2D eigenvalue weighted by molar-refractivity contribution is 0.0545. The second-order valence-corrected chi connectivity index (χ2v) is 5.91. The molecule has 1 heterocycles. The van der Waals surface area contributed by atoms with Gasteiger partial charge in [0, 0.05) is 4.47 Å². The minimum atomic E-state index is -0.244. The molecular weight excluding hydrogens is 346 g/mol. The molecule has 0 saturated heterocycles. The number of hydrogen-bond acceptors (Lipinski definition) is 3. The Morgan fingerprint density at radius 1 is 0.955 bits per heavy atom. The summed E-state index contributed by atoms with van der Waals surface area (Å²) < 4.78 is 6.56. The van der Waals surface area contributed by atoms with E-state index < -0.39 is 0 Å². The number of hydrogen-bond donors (Lipinski definition) is 0. The lowest BCUT2D eigenvalue weighted by Gasteiger charge is -2.13. The number of ether oxygens (including phenoxy) is 1. The lowest BCUT2D eigenvalue weighted by Crippen LogP contribution is -2.33. The molecule has 2 amide bonds. The summed E-state index contributed by atoms with van der Waals surface area (Å²) in [6, 6.07) is 14.7. The predicted octanol–water partition coefficient (Wildman–Crippen LogP) is 3.26. The van der Waals surface area contributed by atoms with Crippen molar-refractivity contribution < 1.29 is 14.3 Å². The van der Waals surface area contributed by atoms with Gasteiger partial charge in [-0.3, -0.25) is 14.5 Å². The summed E-state index contributed by atoms with van der Waals surface area (Å²) in [7, 11) is 0. The molecule has 0 saturated carbocycles. The molecule has 3 rings (SSSR count). The molecule has 0 aliphatic carbocycles. The van der Waals surface area contributed by atoms with Crippen molar-refractivity contribution in [3.63, 3.8) is 0 Å². The van der Waals surface area contributed by atoms with Crippen LogP contribution in [-0.4, -0.2) is 29.9 Å². The predicted molar refractivity (Wildman–Crippen MR) is 85.6 cm³/mol. The Hall–Kier alpha value is -1.98. The number of carbonyl (C=O) groups is 2. The van der Waals surface area contributed by atoms with Gasteiger partial charge in [-0.25, -0.2) is 0 Å². The first-order valence-electron chi connectivity index (χ1n) is 6.94. The van der Waals surface area contributed by atoms with Crippen LogP contribution in [0.25, 0.3) is 0 Å². The molecule has 2 aromatic rings. The van der Waals surface area contributed by atoms with Crippen molar-refractivity contribution in [1.82, 2.24) is 4.90 Å². The molecule has 2 aromatic carbocycles. The smallest absolute Gasteiger partial charge is 0.261 e. The van der Waals surface area contributed by atoms with Crippen molar-refractivity contribution in [1.29, 1.82) is 0 Å². The fourth-order valence-electron chi connectivity index (χ4n) is 2.41. The van der Waals surface area contributed by atoms with Gasteiger partial charge in [0.1, 0.15) is 0 Å². The molecule has 0 aromatic heterocycles. The molecule has 1 aliphatic rings. The Labute approximate surface area is 136 Å². The standard InChI is InChI=1S/C17H14BrNO3/c18-13-5-3-4-12(10-13)11-22-9-8-19-16(20)14-6-1-2-7-15(14)17(19)21/h1-7,10H,8-9,11H2. The number of amides is 2. The van der Waals surface area contributed by atoms with Crippen LogP contribution in [0.15, 0.2) is 53.0 Å². The first-order chi connectivity index (χ1) is 10.7. The summed E-state index contributed by atoms with van der Waals surface area (Å²) in [4.78, 5) is 25.6. The van der Waals surface area contributed by atoms with Gasteiger partial charge in [0.2, 0.25) is 0 Å². The van der Waals surface area contributed by atoms with Crippen molar-refractivity contribution in [2.45, 2.75) is 6.61 Å². The van der Waals surface area contributed by atoms with Gasteiger partial charge in [-0.2, -0.15) is 0 Å². The topological polar surface area (TPSA) is 46.6 Å². The van der Waals surface area contributed by atoms with E-state index in [0.29, 0.717) is 24.3 Å². The number of imide groups is 1. The van der Waals surface area contributed by atoms with Crippen LogP contribution in [-0.2, 0) is 11.3 Å². The number of rotatable bonds is 5. The molecule has 0 unspecified atom stereocenters. The molecule has 0 atom stereocenters. The average molecular weight is 360 g/mol. The highest BCUT2D eigenvalue weighted by atomic mass is 79.9. The number of nitrogens with zero attached hydrogens (tertiary/aromatic N) is 1. The van der Waals surface area contributed by atoms with Gasteiger partial charge < -0.3 is 4.74 Å². The lowest BCUT2D eigenvalue weighted by atomic mass is 10.1. The summed E-state index contributed by atoms with van der Waals surface area (Å²) in [5.74, 6) is -0.488. The van der Waals surface area contributed by atoms with E-state index >= 15 is 0 Å². The van der Waals surface area contributed by atoms with Crippen LogP contribution < -0.4 is 0 Å². The zero-order valence-corrected chi connectivity index (χ0v) is 13.4. The minimum Gasteiger partial charge on any atom is -0.375 e. The highest BCUT2D eigenvalue weighted by Gasteiger charge is 2.34. The van der Waals surface area contributed by atoms with Crippen LogP contribution in [0, 0.1) is 0 Å². The Bertz CT molecular complexity index is 694. The molecule has 0 radical (unpaired) electrons. The minimum absolute atomic E-state index is 0.244. The van der Waals surface area contributed by atoms with E-state index in [2.05, 4.69) is 15.9 Å². The van der Waals surface area contributed by atoms with Crippen molar-refractivity contribution >= 4 is 27.7 Å². The molecule has 0 fully saturated rings. The molecule has 22 heavy (non-hydrogen) atoms.